The van der Waals surface area contributed by atoms with Crippen molar-refractivity contribution in [3.8, 4) is 5.88 Å². The normalized spacial score (nSPS) is 11.3. The molecule has 0 amide bonds. The summed E-state index contributed by atoms with van der Waals surface area (Å²) in [5.74, 6) is 0.589. The lowest BCUT2D eigenvalue weighted by Gasteiger charge is -2.04. The highest BCUT2D eigenvalue weighted by Crippen LogP contribution is 2.15. The van der Waals surface area contributed by atoms with E-state index in [9.17, 15) is 5.11 Å². The second-order valence-electron chi connectivity index (χ2n) is 6.01. The summed E-state index contributed by atoms with van der Waals surface area (Å²) in [7, 11) is 0. The van der Waals surface area contributed by atoms with Crippen LogP contribution in [0.2, 0.25) is 0 Å². The fraction of sp³-hybridized carbons (Fsp3) is 0.706. The Hall–Kier alpha value is -1.65. The van der Waals surface area contributed by atoms with E-state index in [1.54, 1.807) is 6.07 Å². The lowest BCUT2D eigenvalue weighted by molar-refractivity contribution is 0.433. The van der Waals surface area contributed by atoms with Crippen LogP contribution in [0, 0.1) is 0 Å². The molecule has 0 atom stereocenters. The first-order valence-corrected chi connectivity index (χ1v) is 8.70. The zero-order chi connectivity index (χ0) is 15.6. The van der Waals surface area contributed by atoms with Gasteiger partial charge in [0.2, 0.25) is 5.88 Å². The molecule has 0 bridgehead atoms. The molecule has 0 fully saturated rings. The van der Waals surface area contributed by atoms with Crippen molar-refractivity contribution >= 4 is 5.78 Å². The second kappa shape index (κ2) is 9.38. The van der Waals surface area contributed by atoms with Gasteiger partial charge < -0.3 is 5.11 Å². The van der Waals surface area contributed by atoms with Crippen LogP contribution in [-0.2, 0) is 6.42 Å². The molecule has 2 aromatic heterocycles. The predicted octanol–water partition coefficient (Wildman–Crippen LogP) is 4.29. The van der Waals surface area contributed by atoms with E-state index in [2.05, 4.69) is 22.0 Å². The Labute approximate surface area is 132 Å². The number of aromatic hydroxyl groups is 1. The van der Waals surface area contributed by atoms with Crippen LogP contribution in [0.5, 0.6) is 5.88 Å². The number of rotatable bonds is 11. The van der Waals surface area contributed by atoms with E-state index in [1.807, 2.05) is 0 Å². The summed E-state index contributed by atoms with van der Waals surface area (Å²) >= 11 is 0. The Bertz CT molecular complexity index is 553. The Balaban J connectivity index is 1.56. The number of nitrogens with zero attached hydrogens (tertiary/aromatic N) is 4. The lowest BCUT2D eigenvalue weighted by Crippen LogP contribution is -1.97. The summed E-state index contributed by atoms with van der Waals surface area (Å²) in [6.07, 6.45) is 15.6. The second-order valence-corrected chi connectivity index (χ2v) is 6.01. The molecule has 0 unspecified atom stereocenters. The summed E-state index contributed by atoms with van der Waals surface area (Å²) in [6.45, 7) is 2.26. The van der Waals surface area contributed by atoms with Crippen LogP contribution < -0.4 is 0 Å². The molecule has 0 saturated heterocycles. The van der Waals surface area contributed by atoms with Crippen molar-refractivity contribution in [2.24, 2.45) is 0 Å². The molecule has 1 N–H and O–H groups in total. The largest absolute Gasteiger partial charge is 0.493 e. The van der Waals surface area contributed by atoms with Gasteiger partial charge in [-0.25, -0.2) is 4.98 Å². The van der Waals surface area contributed by atoms with Gasteiger partial charge in [0, 0.05) is 11.8 Å². The molecular formula is C17H28N4O. The zero-order valence-electron chi connectivity index (χ0n) is 13.7. The molecule has 2 heterocycles. The summed E-state index contributed by atoms with van der Waals surface area (Å²) in [6, 6.07) is 1.69. The molecule has 0 aliphatic rings. The number of aryl methyl sites for hydroxylation is 1. The maximum absolute atomic E-state index is 9.82. The molecule has 0 aliphatic carbocycles. The SMILES string of the molecule is CCCCCCCCCCCCc1cc(O)n2ncnc2n1. The van der Waals surface area contributed by atoms with E-state index in [0.717, 1.165) is 18.5 Å². The van der Waals surface area contributed by atoms with Gasteiger partial charge in [-0.3, -0.25) is 0 Å². The molecule has 0 saturated carbocycles. The Kier molecular flexibility index (Phi) is 7.13. The lowest BCUT2D eigenvalue weighted by atomic mass is 10.1. The van der Waals surface area contributed by atoms with Crippen LogP contribution in [-0.4, -0.2) is 24.7 Å². The Morgan fingerprint density at radius 2 is 1.59 bits per heavy atom. The van der Waals surface area contributed by atoms with Gasteiger partial charge in [-0.1, -0.05) is 64.7 Å². The number of unbranched alkanes of at least 4 members (excludes halogenated alkanes) is 9. The number of aromatic nitrogens is 4. The molecule has 2 rings (SSSR count). The van der Waals surface area contributed by atoms with Crippen LogP contribution in [0.25, 0.3) is 5.78 Å². The van der Waals surface area contributed by atoms with Crippen molar-refractivity contribution in [2.75, 3.05) is 0 Å². The first-order valence-electron chi connectivity index (χ1n) is 8.70. The smallest absolute Gasteiger partial charge is 0.255 e. The third-order valence-corrected chi connectivity index (χ3v) is 4.07. The quantitative estimate of drug-likeness (QED) is 0.629. The number of hydrogen-bond donors (Lipinski definition) is 1. The van der Waals surface area contributed by atoms with Gasteiger partial charge in [0.1, 0.15) is 6.33 Å². The molecule has 5 heteroatoms. The fourth-order valence-corrected chi connectivity index (χ4v) is 2.77. The first-order chi connectivity index (χ1) is 10.8. The van der Waals surface area contributed by atoms with Crippen molar-refractivity contribution in [3.63, 3.8) is 0 Å². The number of fused-ring (bicyclic) bond motifs is 1. The van der Waals surface area contributed by atoms with Crippen LogP contribution in [0.1, 0.15) is 76.8 Å². The van der Waals surface area contributed by atoms with Crippen LogP contribution >= 0.6 is 0 Å². The minimum Gasteiger partial charge on any atom is -0.493 e. The molecule has 2 aromatic rings. The molecule has 22 heavy (non-hydrogen) atoms. The van der Waals surface area contributed by atoms with Crippen LogP contribution in [0.3, 0.4) is 0 Å². The van der Waals surface area contributed by atoms with Crippen LogP contribution in [0.4, 0.5) is 0 Å². The minimum atomic E-state index is 0.115. The van der Waals surface area contributed by atoms with E-state index in [0.29, 0.717) is 5.78 Å². The highest BCUT2D eigenvalue weighted by Gasteiger charge is 2.05. The molecular weight excluding hydrogens is 276 g/mol. The van der Waals surface area contributed by atoms with E-state index in [4.69, 9.17) is 0 Å². The van der Waals surface area contributed by atoms with Gasteiger partial charge in [-0.05, 0) is 12.8 Å². The average Bonchev–Trinajstić information content (AvgIpc) is 2.98. The standard InChI is InChI=1S/C17H28N4O/c1-2-3-4-5-6-7-8-9-10-11-12-15-13-16(22)21-17(20-15)18-14-19-21/h13-14,22H,2-12H2,1H3. The first kappa shape index (κ1) is 16.7. The van der Waals surface area contributed by atoms with Gasteiger partial charge in [-0.15, -0.1) is 0 Å². The zero-order valence-corrected chi connectivity index (χ0v) is 13.7. The van der Waals surface area contributed by atoms with Gasteiger partial charge in [-0.2, -0.15) is 14.6 Å². The molecule has 0 spiro atoms. The molecule has 0 radical (unpaired) electrons. The highest BCUT2D eigenvalue weighted by atomic mass is 16.3. The highest BCUT2D eigenvalue weighted by molar-refractivity contribution is 5.32. The average molecular weight is 304 g/mol. The van der Waals surface area contributed by atoms with E-state index >= 15 is 0 Å². The van der Waals surface area contributed by atoms with Gasteiger partial charge >= 0.3 is 0 Å². The Morgan fingerprint density at radius 1 is 0.955 bits per heavy atom. The molecule has 0 aliphatic heterocycles. The maximum Gasteiger partial charge on any atom is 0.255 e. The van der Waals surface area contributed by atoms with Crippen LogP contribution in [0.15, 0.2) is 12.4 Å². The van der Waals surface area contributed by atoms with Crippen molar-refractivity contribution in [2.45, 2.75) is 77.6 Å². The van der Waals surface area contributed by atoms with Crippen molar-refractivity contribution in [3.05, 3.63) is 18.1 Å². The fourth-order valence-electron chi connectivity index (χ4n) is 2.77. The third-order valence-electron chi connectivity index (χ3n) is 4.07. The molecule has 122 valence electrons. The van der Waals surface area contributed by atoms with E-state index in [-0.39, 0.29) is 5.88 Å². The van der Waals surface area contributed by atoms with E-state index in [1.165, 1.54) is 68.6 Å². The predicted molar refractivity (Wildman–Crippen MR) is 88.0 cm³/mol. The molecule has 0 aromatic carbocycles. The van der Waals surface area contributed by atoms with Crippen molar-refractivity contribution in [1.29, 1.82) is 0 Å². The minimum absolute atomic E-state index is 0.115. The van der Waals surface area contributed by atoms with E-state index < -0.39 is 0 Å². The summed E-state index contributed by atoms with van der Waals surface area (Å²) < 4.78 is 1.35. The maximum atomic E-state index is 9.82. The Morgan fingerprint density at radius 3 is 2.27 bits per heavy atom. The van der Waals surface area contributed by atoms with Gasteiger partial charge in [0.15, 0.2) is 0 Å². The van der Waals surface area contributed by atoms with Crippen molar-refractivity contribution < 1.29 is 5.11 Å². The monoisotopic (exact) mass is 304 g/mol. The summed E-state index contributed by atoms with van der Waals surface area (Å²) in [5, 5.41) is 13.7. The topological polar surface area (TPSA) is 63.3 Å². The van der Waals surface area contributed by atoms with Gasteiger partial charge in [0.05, 0.1) is 0 Å². The molecule has 5 nitrogen and oxygen atoms in total. The van der Waals surface area contributed by atoms with Crippen molar-refractivity contribution in [1.82, 2.24) is 19.6 Å². The summed E-state index contributed by atoms with van der Waals surface area (Å²) in [4.78, 5) is 8.42. The van der Waals surface area contributed by atoms with Gasteiger partial charge in [0.25, 0.3) is 5.78 Å². The third kappa shape index (κ3) is 5.28. The number of hydrogen-bond acceptors (Lipinski definition) is 4. The summed E-state index contributed by atoms with van der Waals surface area (Å²) in [5.41, 5.74) is 0.901.